The number of nitrogens with one attached hydrogen (secondary N) is 1. The molecule has 1 aromatic heterocycles. The predicted molar refractivity (Wildman–Crippen MR) is 80.6 cm³/mol. The molecule has 0 amide bonds. The Bertz CT molecular complexity index is 699. The zero-order chi connectivity index (χ0) is 16.1. The lowest BCUT2D eigenvalue weighted by atomic mass is 9.85. The lowest BCUT2D eigenvalue weighted by Gasteiger charge is -2.41. The zero-order valence-corrected chi connectivity index (χ0v) is 12.5. The summed E-state index contributed by atoms with van der Waals surface area (Å²) in [6, 6.07) is 7.28. The number of alkyl halides is 3. The average Bonchev–Trinajstić information content (AvgIpc) is 3.16. The Balaban J connectivity index is 1.70. The van der Waals surface area contributed by atoms with Gasteiger partial charge in [-0.25, -0.2) is 4.68 Å². The van der Waals surface area contributed by atoms with Crippen molar-refractivity contribution in [3.05, 3.63) is 42.1 Å². The number of anilines is 2. The second-order valence-electron chi connectivity index (χ2n) is 6.40. The first-order chi connectivity index (χ1) is 11.0. The van der Waals surface area contributed by atoms with E-state index in [0.717, 1.165) is 56.2 Å². The first-order valence-corrected chi connectivity index (χ1v) is 7.64. The van der Waals surface area contributed by atoms with Gasteiger partial charge in [-0.05, 0) is 37.2 Å². The van der Waals surface area contributed by atoms with E-state index >= 15 is 0 Å². The van der Waals surface area contributed by atoms with Crippen LogP contribution in [-0.2, 0) is 12.7 Å². The van der Waals surface area contributed by atoms with Gasteiger partial charge in [0.1, 0.15) is 5.82 Å². The van der Waals surface area contributed by atoms with Crippen molar-refractivity contribution in [1.82, 2.24) is 15.1 Å². The van der Waals surface area contributed by atoms with Gasteiger partial charge in [0.05, 0.1) is 18.3 Å². The Hall–Kier alpha value is -2.02. The normalized spacial score (nSPS) is 24.2. The molecular formula is C16H17F3N4. The van der Waals surface area contributed by atoms with Gasteiger partial charge in [-0.3, -0.25) is 0 Å². The van der Waals surface area contributed by atoms with Gasteiger partial charge in [-0.15, -0.1) is 0 Å². The number of aromatic nitrogens is 2. The van der Waals surface area contributed by atoms with Crippen molar-refractivity contribution in [1.29, 1.82) is 0 Å². The minimum absolute atomic E-state index is 0.0850. The quantitative estimate of drug-likeness (QED) is 0.876. The third kappa shape index (κ3) is 2.49. The summed E-state index contributed by atoms with van der Waals surface area (Å²) in [6.07, 6.45) is -1.52. The van der Waals surface area contributed by atoms with Gasteiger partial charge in [-0.2, -0.15) is 18.3 Å². The molecule has 4 rings (SSSR count). The number of rotatable bonds is 1. The van der Waals surface area contributed by atoms with Crippen LogP contribution in [0.3, 0.4) is 0 Å². The van der Waals surface area contributed by atoms with Crippen LogP contribution in [0.15, 0.2) is 36.5 Å². The second kappa shape index (κ2) is 4.99. The highest BCUT2D eigenvalue weighted by Gasteiger charge is 2.41. The van der Waals surface area contributed by atoms with Crippen molar-refractivity contribution in [3.8, 4) is 0 Å². The molecular weight excluding hydrogens is 305 g/mol. The third-order valence-electron chi connectivity index (χ3n) is 4.79. The topological polar surface area (TPSA) is 33.1 Å². The fourth-order valence-electron chi connectivity index (χ4n) is 3.58. The Morgan fingerprint density at radius 2 is 1.87 bits per heavy atom. The molecule has 23 heavy (non-hydrogen) atoms. The van der Waals surface area contributed by atoms with Crippen molar-refractivity contribution in [2.45, 2.75) is 19.1 Å². The largest absolute Gasteiger partial charge is 0.416 e. The molecule has 2 aliphatic rings. The van der Waals surface area contributed by atoms with Crippen LogP contribution in [0.2, 0.25) is 0 Å². The van der Waals surface area contributed by atoms with Crippen LogP contribution < -0.4 is 10.2 Å². The number of benzene rings is 1. The average molecular weight is 322 g/mol. The summed E-state index contributed by atoms with van der Waals surface area (Å²) in [4.78, 5) is 2.07. The van der Waals surface area contributed by atoms with Gasteiger partial charge in [0, 0.05) is 30.3 Å². The minimum atomic E-state index is -4.31. The van der Waals surface area contributed by atoms with Crippen LogP contribution in [0.4, 0.5) is 24.7 Å². The van der Waals surface area contributed by atoms with Gasteiger partial charge in [0.25, 0.3) is 0 Å². The van der Waals surface area contributed by atoms with E-state index < -0.39 is 11.7 Å². The number of hydrogen-bond acceptors (Lipinski definition) is 3. The molecule has 1 spiro atoms. The van der Waals surface area contributed by atoms with E-state index in [1.165, 1.54) is 0 Å². The first kappa shape index (κ1) is 14.6. The molecule has 1 saturated heterocycles. The molecule has 0 radical (unpaired) electrons. The third-order valence-corrected chi connectivity index (χ3v) is 4.79. The van der Waals surface area contributed by atoms with Crippen LogP contribution in [0.1, 0.15) is 12.0 Å². The summed E-state index contributed by atoms with van der Waals surface area (Å²) in [7, 11) is 0. The predicted octanol–water partition coefficient (Wildman–Crippen LogP) is 3.03. The fraction of sp³-hybridized carbons (Fsp3) is 0.438. The van der Waals surface area contributed by atoms with E-state index in [-0.39, 0.29) is 5.41 Å². The zero-order valence-electron chi connectivity index (χ0n) is 12.5. The molecule has 2 aromatic rings. The maximum absolute atomic E-state index is 12.8. The molecule has 122 valence electrons. The van der Waals surface area contributed by atoms with E-state index in [9.17, 15) is 13.2 Å². The van der Waals surface area contributed by atoms with Gasteiger partial charge in [0.15, 0.2) is 0 Å². The van der Waals surface area contributed by atoms with Gasteiger partial charge < -0.3 is 10.2 Å². The highest BCUT2D eigenvalue weighted by molar-refractivity contribution is 5.61. The molecule has 1 fully saturated rings. The summed E-state index contributed by atoms with van der Waals surface area (Å²) < 4.78 is 40.2. The number of hydrogen-bond donors (Lipinski definition) is 1. The molecule has 4 nitrogen and oxygen atoms in total. The lowest BCUT2D eigenvalue weighted by Crippen LogP contribution is -2.45. The molecule has 1 unspecified atom stereocenters. The number of fused-ring (bicyclic) bond motifs is 1. The monoisotopic (exact) mass is 322 g/mol. The molecule has 0 aliphatic carbocycles. The summed E-state index contributed by atoms with van der Waals surface area (Å²) in [5.74, 6) is 0.933. The maximum atomic E-state index is 12.8. The Labute approximate surface area is 131 Å². The van der Waals surface area contributed by atoms with Gasteiger partial charge in [0.2, 0.25) is 0 Å². The van der Waals surface area contributed by atoms with Gasteiger partial charge >= 0.3 is 6.18 Å². The highest BCUT2D eigenvalue weighted by atomic mass is 19.4. The fourth-order valence-corrected chi connectivity index (χ4v) is 3.58. The van der Waals surface area contributed by atoms with Crippen molar-refractivity contribution < 1.29 is 13.2 Å². The minimum Gasteiger partial charge on any atom is -0.326 e. The summed E-state index contributed by atoms with van der Waals surface area (Å²) >= 11 is 0. The molecule has 7 heteroatoms. The van der Waals surface area contributed by atoms with E-state index in [2.05, 4.69) is 15.3 Å². The van der Waals surface area contributed by atoms with Crippen LogP contribution in [0.25, 0.3) is 0 Å². The lowest BCUT2D eigenvalue weighted by molar-refractivity contribution is -0.137. The van der Waals surface area contributed by atoms with Crippen molar-refractivity contribution >= 4 is 11.5 Å². The van der Waals surface area contributed by atoms with Crippen molar-refractivity contribution in [3.63, 3.8) is 0 Å². The number of halogens is 3. The molecule has 1 atom stereocenters. The van der Waals surface area contributed by atoms with Crippen molar-refractivity contribution in [2.24, 2.45) is 5.41 Å². The van der Waals surface area contributed by atoms with E-state index in [1.807, 2.05) is 10.7 Å². The van der Waals surface area contributed by atoms with Crippen LogP contribution in [-0.4, -0.2) is 29.4 Å². The number of nitrogens with zero attached hydrogens (tertiary/aromatic N) is 3. The second-order valence-corrected chi connectivity index (χ2v) is 6.40. The van der Waals surface area contributed by atoms with Crippen LogP contribution in [0, 0.1) is 5.41 Å². The molecule has 3 heterocycles. The Morgan fingerprint density at radius 3 is 2.52 bits per heavy atom. The van der Waals surface area contributed by atoms with Crippen molar-refractivity contribution in [2.75, 3.05) is 24.5 Å². The summed E-state index contributed by atoms with van der Waals surface area (Å²) in [5.41, 5.74) is 0.233. The first-order valence-electron chi connectivity index (χ1n) is 7.64. The Kier molecular flexibility index (Phi) is 3.16. The molecule has 1 aromatic carbocycles. The summed E-state index contributed by atoms with van der Waals surface area (Å²) in [6.45, 7) is 3.51. The molecule has 1 N–H and O–H groups in total. The standard InChI is InChI=1S/C16H17F3N4/c17-16(18,19)12-1-3-13(4-2-12)22-10-15(6-8-20-9-15)11-23-14(22)5-7-21-23/h1-5,7,20H,6,8-11H2. The Morgan fingerprint density at radius 1 is 1.09 bits per heavy atom. The smallest absolute Gasteiger partial charge is 0.326 e. The summed E-state index contributed by atoms with van der Waals surface area (Å²) in [5, 5.41) is 7.77. The van der Waals surface area contributed by atoms with E-state index in [0.29, 0.717) is 0 Å². The van der Waals surface area contributed by atoms with E-state index in [1.54, 1.807) is 18.3 Å². The molecule has 0 saturated carbocycles. The molecule has 0 bridgehead atoms. The van der Waals surface area contributed by atoms with E-state index in [4.69, 9.17) is 0 Å². The van der Waals surface area contributed by atoms with Crippen LogP contribution in [0.5, 0.6) is 0 Å². The highest BCUT2D eigenvalue weighted by Crippen LogP contribution is 2.40. The van der Waals surface area contributed by atoms with Gasteiger partial charge in [-0.1, -0.05) is 0 Å². The SMILES string of the molecule is FC(F)(F)c1ccc(N2CC3(CCNC3)Cn3nccc32)cc1. The molecule has 2 aliphatic heterocycles. The van der Waals surface area contributed by atoms with Crippen LogP contribution >= 0.6 is 0 Å². The maximum Gasteiger partial charge on any atom is 0.416 e.